The Balaban J connectivity index is 1.56. The molecule has 0 aliphatic heterocycles. The fraction of sp³-hybridized carbons (Fsp3) is 0.167. The fourth-order valence-corrected chi connectivity index (χ4v) is 4.22. The van der Waals surface area contributed by atoms with Gasteiger partial charge in [0.15, 0.2) is 11.0 Å². The molecule has 0 atom stereocenters. The van der Waals surface area contributed by atoms with Crippen LogP contribution >= 0.6 is 23.4 Å². The number of thioether (sulfide) groups is 1. The monoisotopic (exact) mass is 495 g/mol. The van der Waals surface area contributed by atoms with Gasteiger partial charge >= 0.3 is 0 Å². The van der Waals surface area contributed by atoms with Crippen LogP contribution in [0.1, 0.15) is 6.92 Å². The van der Waals surface area contributed by atoms with Gasteiger partial charge in [-0.3, -0.25) is 14.3 Å². The predicted octanol–water partition coefficient (Wildman–Crippen LogP) is 5.12. The second kappa shape index (κ2) is 11.0. The number of ether oxygens (including phenoxy) is 2. The zero-order valence-corrected chi connectivity index (χ0v) is 20.1. The molecule has 0 aliphatic carbocycles. The lowest BCUT2D eigenvalue weighted by molar-refractivity contribution is -0.113. The second-order valence-corrected chi connectivity index (χ2v) is 8.34. The summed E-state index contributed by atoms with van der Waals surface area (Å²) in [6.45, 7) is 2.53. The highest BCUT2D eigenvalue weighted by Crippen LogP contribution is 2.30. The molecule has 174 valence electrons. The van der Waals surface area contributed by atoms with Crippen LogP contribution in [0.2, 0.25) is 5.02 Å². The highest BCUT2D eigenvalue weighted by atomic mass is 35.5. The Hall–Kier alpha value is -3.56. The summed E-state index contributed by atoms with van der Waals surface area (Å²) in [6.07, 6.45) is 3.40. The highest BCUT2D eigenvalue weighted by Gasteiger charge is 2.18. The first-order valence-electron chi connectivity index (χ1n) is 10.4. The number of aromatic nitrogens is 4. The van der Waals surface area contributed by atoms with E-state index in [-0.39, 0.29) is 11.7 Å². The molecule has 2 aromatic carbocycles. The predicted molar refractivity (Wildman–Crippen MR) is 133 cm³/mol. The molecule has 0 bridgehead atoms. The number of rotatable bonds is 9. The second-order valence-electron chi connectivity index (χ2n) is 6.99. The fourth-order valence-electron chi connectivity index (χ4n) is 3.21. The van der Waals surface area contributed by atoms with E-state index in [0.717, 1.165) is 17.0 Å². The molecule has 34 heavy (non-hydrogen) atoms. The zero-order chi connectivity index (χ0) is 23.9. The van der Waals surface area contributed by atoms with E-state index >= 15 is 0 Å². The average molecular weight is 496 g/mol. The summed E-state index contributed by atoms with van der Waals surface area (Å²) in [7, 11) is 1.54. The van der Waals surface area contributed by atoms with Crippen LogP contribution in [-0.2, 0) is 4.79 Å². The number of carbonyl (C=O) groups excluding carboxylic acids is 1. The van der Waals surface area contributed by atoms with Crippen molar-refractivity contribution in [1.82, 2.24) is 19.7 Å². The molecular formula is C24H22ClN5O3S. The van der Waals surface area contributed by atoms with Gasteiger partial charge in [0.05, 0.1) is 24.5 Å². The van der Waals surface area contributed by atoms with Crippen LogP contribution in [0.15, 0.2) is 72.1 Å². The number of nitrogens with zero attached hydrogens (tertiary/aromatic N) is 4. The summed E-state index contributed by atoms with van der Waals surface area (Å²) in [4.78, 5) is 16.7. The molecule has 0 saturated heterocycles. The van der Waals surface area contributed by atoms with Crippen LogP contribution in [0.5, 0.6) is 11.5 Å². The van der Waals surface area contributed by atoms with E-state index in [0.29, 0.717) is 34.0 Å². The quantitative estimate of drug-likeness (QED) is 0.322. The lowest BCUT2D eigenvalue weighted by atomic mass is 10.2. The van der Waals surface area contributed by atoms with Gasteiger partial charge in [0.1, 0.15) is 11.5 Å². The number of anilines is 1. The zero-order valence-electron chi connectivity index (χ0n) is 18.6. The SMILES string of the molecule is CCOc1ccc(-n2c(SCC(=O)Nc3ccc(OC)c(Cl)c3)nnc2-c2ccncc2)cc1. The van der Waals surface area contributed by atoms with Crippen molar-refractivity contribution in [1.29, 1.82) is 0 Å². The molecule has 2 aromatic heterocycles. The maximum Gasteiger partial charge on any atom is 0.234 e. The molecule has 4 rings (SSSR count). The molecule has 2 heterocycles. The maximum absolute atomic E-state index is 12.6. The molecular weight excluding hydrogens is 474 g/mol. The van der Waals surface area contributed by atoms with E-state index in [9.17, 15) is 4.79 Å². The van der Waals surface area contributed by atoms with Gasteiger partial charge in [0, 0.05) is 29.3 Å². The Morgan fingerprint density at radius 3 is 2.53 bits per heavy atom. The van der Waals surface area contributed by atoms with Crippen LogP contribution in [0.25, 0.3) is 17.1 Å². The maximum atomic E-state index is 12.6. The number of methoxy groups -OCH3 is 1. The molecule has 0 aliphatic rings. The van der Waals surface area contributed by atoms with Crippen LogP contribution in [0, 0.1) is 0 Å². The van der Waals surface area contributed by atoms with Gasteiger partial charge in [-0.25, -0.2) is 0 Å². The van der Waals surface area contributed by atoms with Gasteiger partial charge < -0.3 is 14.8 Å². The smallest absolute Gasteiger partial charge is 0.234 e. The van der Waals surface area contributed by atoms with Crippen molar-refractivity contribution in [2.75, 3.05) is 24.8 Å². The molecule has 0 saturated carbocycles. The summed E-state index contributed by atoms with van der Waals surface area (Å²) in [5, 5.41) is 12.6. The largest absolute Gasteiger partial charge is 0.495 e. The van der Waals surface area contributed by atoms with Gasteiger partial charge in [-0.2, -0.15) is 0 Å². The molecule has 1 N–H and O–H groups in total. The molecule has 0 spiro atoms. The van der Waals surface area contributed by atoms with Crippen molar-refractivity contribution in [3.63, 3.8) is 0 Å². The number of hydrogen-bond donors (Lipinski definition) is 1. The minimum absolute atomic E-state index is 0.134. The molecule has 10 heteroatoms. The van der Waals surface area contributed by atoms with Gasteiger partial charge in [0.25, 0.3) is 0 Å². The van der Waals surface area contributed by atoms with Crippen molar-refractivity contribution in [2.45, 2.75) is 12.1 Å². The number of amides is 1. The van der Waals surface area contributed by atoms with Gasteiger partial charge in [-0.1, -0.05) is 23.4 Å². The van der Waals surface area contributed by atoms with Crippen molar-refractivity contribution in [3.05, 3.63) is 72.0 Å². The molecule has 8 nitrogen and oxygen atoms in total. The van der Waals surface area contributed by atoms with E-state index in [1.54, 1.807) is 30.6 Å². The van der Waals surface area contributed by atoms with E-state index in [4.69, 9.17) is 21.1 Å². The van der Waals surface area contributed by atoms with Crippen molar-refractivity contribution in [2.24, 2.45) is 0 Å². The highest BCUT2D eigenvalue weighted by molar-refractivity contribution is 7.99. The van der Waals surface area contributed by atoms with Crippen LogP contribution in [0.3, 0.4) is 0 Å². The Bertz CT molecular complexity index is 1270. The summed E-state index contributed by atoms with van der Waals surface area (Å²) in [5.74, 6) is 1.90. The summed E-state index contributed by atoms with van der Waals surface area (Å²) < 4.78 is 12.6. The van der Waals surface area contributed by atoms with Crippen molar-refractivity contribution < 1.29 is 14.3 Å². The lowest BCUT2D eigenvalue weighted by Crippen LogP contribution is -2.14. The van der Waals surface area contributed by atoms with E-state index in [1.807, 2.05) is 47.9 Å². The summed E-state index contributed by atoms with van der Waals surface area (Å²) >= 11 is 7.43. The van der Waals surface area contributed by atoms with E-state index in [1.165, 1.54) is 18.9 Å². The summed E-state index contributed by atoms with van der Waals surface area (Å²) in [5.41, 5.74) is 2.30. The first-order chi connectivity index (χ1) is 16.6. The molecule has 4 aromatic rings. The average Bonchev–Trinajstić information content (AvgIpc) is 3.28. The third-order valence-corrected chi connectivity index (χ3v) is 5.97. The van der Waals surface area contributed by atoms with Crippen LogP contribution in [0.4, 0.5) is 5.69 Å². The number of halogens is 1. The molecule has 0 fully saturated rings. The Morgan fingerprint density at radius 2 is 1.85 bits per heavy atom. The number of hydrogen-bond acceptors (Lipinski definition) is 7. The molecule has 1 amide bonds. The number of nitrogens with one attached hydrogen (secondary N) is 1. The number of pyridine rings is 1. The van der Waals surface area contributed by atoms with Gasteiger partial charge in [-0.15, -0.1) is 10.2 Å². The lowest BCUT2D eigenvalue weighted by Gasteiger charge is -2.12. The molecule has 0 radical (unpaired) electrons. The standard InChI is InChI=1S/C24H22ClN5O3S/c1-3-33-19-7-5-18(6-8-19)30-23(16-10-12-26-13-11-16)28-29-24(30)34-15-22(31)27-17-4-9-21(32-2)20(25)14-17/h4-14H,3,15H2,1-2H3,(H,27,31). The topological polar surface area (TPSA) is 91.2 Å². The third kappa shape index (κ3) is 5.49. The van der Waals surface area contributed by atoms with Gasteiger partial charge in [0.2, 0.25) is 5.91 Å². The minimum atomic E-state index is -0.196. The van der Waals surface area contributed by atoms with E-state index < -0.39 is 0 Å². The van der Waals surface area contributed by atoms with Crippen molar-refractivity contribution >= 4 is 35.0 Å². The van der Waals surface area contributed by atoms with Gasteiger partial charge in [-0.05, 0) is 61.5 Å². The first-order valence-corrected chi connectivity index (χ1v) is 11.8. The third-order valence-electron chi connectivity index (χ3n) is 4.75. The first kappa shape index (κ1) is 23.6. The minimum Gasteiger partial charge on any atom is -0.495 e. The Kier molecular flexibility index (Phi) is 7.66. The molecule has 0 unspecified atom stereocenters. The normalized spacial score (nSPS) is 10.7. The van der Waals surface area contributed by atoms with Crippen LogP contribution < -0.4 is 14.8 Å². The Labute approximate surface area is 206 Å². The Morgan fingerprint density at radius 1 is 1.09 bits per heavy atom. The summed E-state index contributed by atoms with van der Waals surface area (Å²) in [6, 6.07) is 16.5. The van der Waals surface area contributed by atoms with Crippen molar-refractivity contribution in [3.8, 4) is 28.6 Å². The van der Waals surface area contributed by atoms with E-state index in [2.05, 4.69) is 20.5 Å². The number of benzene rings is 2. The number of carbonyl (C=O) groups is 1. The van der Waals surface area contributed by atoms with Crippen LogP contribution in [-0.4, -0.2) is 45.1 Å².